The van der Waals surface area contributed by atoms with Crippen molar-refractivity contribution in [2.45, 2.75) is 38.1 Å². The molecule has 3 rings (SSSR count). The van der Waals surface area contributed by atoms with Gasteiger partial charge in [0.1, 0.15) is 0 Å². The maximum absolute atomic E-state index is 13.0. The summed E-state index contributed by atoms with van der Waals surface area (Å²) in [6, 6.07) is 23.1. The van der Waals surface area contributed by atoms with Gasteiger partial charge in [0.15, 0.2) is 0 Å². The molecule has 0 aliphatic rings. The van der Waals surface area contributed by atoms with Gasteiger partial charge in [0, 0.05) is 11.3 Å². The highest BCUT2D eigenvalue weighted by molar-refractivity contribution is 7.92. The van der Waals surface area contributed by atoms with Crippen LogP contribution in [-0.2, 0) is 10.0 Å². The molecule has 0 heterocycles. The minimum atomic E-state index is -3.83. The number of para-hydroxylation sites is 1. The Hall–Kier alpha value is -3.12. The minimum absolute atomic E-state index is 0.0872. The number of anilines is 1. The predicted octanol–water partition coefficient (Wildman–Crippen LogP) is 5.31. The summed E-state index contributed by atoms with van der Waals surface area (Å²) in [5.41, 5.74) is 2.37. The Morgan fingerprint density at radius 3 is 2.13 bits per heavy atom. The highest BCUT2D eigenvalue weighted by Gasteiger charge is 2.21. The number of rotatable bonds is 8. The highest BCUT2D eigenvalue weighted by Crippen LogP contribution is 2.24. The normalized spacial score (nSPS) is 12.4. The molecule has 1 atom stereocenters. The fourth-order valence-electron chi connectivity index (χ4n) is 3.42. The van der Waals surface area contributed by atoms with Gasteiger partial charge in [-0.2, -0.15) is 0 Å². The first kappa shape index (κ1) is 22.6. The molecule has 0 saturated heterocycles. The van der Waals surface area contributed by atoms with Crippen LogP contribution >= 0.6 is 0 Å². The maximum atomic E-state index is 13.0. The lowest BCUT2D eigenvalue weighted by atomic mass is 9.96. The standard InChI is InChI=1S/C25H28N2O3S/c1-18(2)16-23(20-10-6-4-7-11-20)26-25(28)21-15-14-19(3)24(17-21)31(29,30)27-22-12-8-5-9-13-22/h4-15,17-18,23,27H,16H2,1-3H3,(H,26,28)/t23-/m1/s1. The molecule has 0 aromatic heterocycles. The second-order valence-electron chi connectivity index (χ2n) is 8.02. The molecular weight excluding hydrogens is 408 g/mol. The number of nitrogens with one attached hydrogen (secondary N) is 2. The molecule has 31 heavy (non-hydrogen) atoms. The van der Waals surface area contributed by atoms with Crippen molar-refractivity contribution >= 4 is 21.6 Å². The zero-order valence-electron chi connectivity index (χ0n) is 18.0. The van der Waals surface area contributed by atoms with Crippen LogP contribution in [0.2, 0.25) is 0 Å². The molecule has 0 bridgehead atoms. The lowest BCUT2D eigenvalue weighted by Crippen LogP contribution is -2.29. The number of amides is 1. The molecule has 0 unspecified atom stereocenters. The van der Waals surface area contributed by atoms with Gasteiger partial charge in [-0.15, -0.1) is 0 Å². The summed E-state index contributed by atoms with van der Waals surface area (Å²) < 4.78 is 28.5. The summed E-state index contributed by atoms with van der Waals surface area (Å²) in [4.78, 5) is 13.1. The Morgan fingerprint density at radius 2 is 1.52 bits per heavy atom. The molecule has 0 saturated carbocycles. The Bertz CT molecular complexity index is 1130. The van der Waals surface area contributed by atoms with E-state index in [9.17, 15) is 13.2 Å². The first-order valence-electron chi connectivity index (χ1n) is 10.3. The van der Waals surface area contributed by atoms with Crippen LogP contribution < -0.4 is 10.0 Å². The van der Waals surface area contributed by atoms with Crippen molar-refractivity contribution in [2.75, 3.05) is 4.72 Å². The van der Waals surface area contributed by atoms with E-state index in [4.69, 9.17) is 0 Å². The molecule has 3 aromatic rings. The predicted molar refractivity (Wildman–Crippen MR) is 125 cm³/mol. The fraction of sp³-hybridized carbons (Fsp3) is 0.240. The van der Waals surface area contributed by atoms with Crippen LogP contribution in [0.15, 0.2) is 83.8 Å². The van der Waals surface area contributed by atoms with Crippen LogP contribution in [0.1, 0.15) is 47.8 Å². The van der Waals surface area contributed by atoms with Crippen LogP contribution in [0, 0.1) is 12.8 Å². The van der Waals surface area contributed by atoms with Gasteiger partial charge < -0.3 is 5.32 Å². The number of carbonyl (C=O) groups excluding carboxylic acids is 1. The molecule has 1 amide bonds. The van der Waals surface area contributed by atoms with E-state index in [1.54, 1.807) is 43.3 Å². The molecule has 6 heteroatoms. The van der Waals surface area contributed by atoms with E-state index in [1.165, 1.54) is 6.07 Å². The number of sulfonamides is 1. The average Bonchev–Trinajstić information content (AvgIpc) is 2.74. The number of carbonyl (C=O) groups is 1. The first-order valence-corrected chi connectivity index (χ1v) is 11.8. The maximum Gasteiger partial charge on any atom is 0.262 e. The molecule has 2 N–H and O–H groups in total. The number of aryl methyl sites for hydroxylation is 1. The lowest BCUT2D eigenvalue weighted by Gasteiger charge is -2.21. The van der Waals surface area contributed by atoms with Crippen molar-refractivity contribution < 1.29 is 13.2 Å². The third kappa shape index (κ3) is 5.95. The van der Waals surface area contributed by atoms with Gasteiger partial charge >= 0.3 is 0 Å². The largest absolute Gasteiger partial charge is 0.345 e. The van der Waals surface area contributed by atoms with Crippen molar-refractivity contribution in [3.8, 4) is 0 Å². The average molecular weight is 437 g/mol. The molecule has 3 aromatic carbocycles. The minimum Gasteiger partial charge on any atom is -0.345 e. The summed E-state index contributed by atoms with van der Waals surface area (Å²) in [6.45, 7) is 5.93. The molecular formula is C25H28N2O3S. The van der Waals surface area contributed by atoms with Crippen LogP contribution in [0.3, 0.4) is 0 Å². The molecule has 0 radical (unpaired) electrons. The zero-order valence-corrected chi connectivity index (χ0v) is 18.8. The number of hydrogen-bond donors (Lipinski definition) is 2. The van der Waals surface area contributed by atoms with Gasteiger partial charge in [0.2, 0.25) is 0 Å². The molecule has 5 nitrogen and oxygen atoms in total. The van der Waals surface area contributed by atoms with E-state index in [2.05, 4.69) is 23.9 Å². The van der Waals surface area contributed by atoms with Gasteiger partial charge in [-0.1, -0.05) is 68.4 Å². The van der Waals surface area contributed by atoms with Crippen molar-refractivity contribution in [3.05, 3.63) is 95.6 Å². The lowest BCUT2D eigenvalue weighted by molar-refractivity contribution is 0.0931. The molecule has 0 aliphatic heterocycles. The SMILES string of the molecule is Cc1ccc(C(=O)N[C@H](CC(C)C)c2ccccc2)cc1S(=O)(=O)Nc1ccccc1. The number of benzene rings is 3. The van der Waals surface area contributed by atoms with Gasteiger partial charge in [0.05, 0.1) is 10.9 Å². The van der Waals surface area contributed by atoms with Crippen LogP contribution in [0.5, 0.6) is 0 Å². The molecule has 0 aliphatic carbocycles. The van der Waals surface area contributed by atoms with Gasteiger partial charge in [-0.05, 0) is 54.7 Å². The quantitative estimate of drug-likeness (QED) is 0.502. The second kappa shape index (κ2) is 9.79. The summed E-state index contributed by atoms with van der Waals surface area (Å²) in [5.74, 6) is 0.0835. The van der Waals surface area contributed by atoms with Gasteiger partial charge in [-0.25, -0.2) is 8.42 Å². The van der Waals surface area contributed by atoms with Crippen molar-refractivity contribution in [2.24, 2.45) is 5.92 Å². The summed E-state index contributed by atoms with van der Waals surface area (Å²) in [6.07, 6.45) is 0.780. The van der Waals surface area contributed by atoms with Crippen LogP contribution in [0.25, 0.3) is 0 Å². The van der Waals surface area contributed by atoms with E-state index < -0.39 is 10.0 Å². The van der Waals surface area contributed by atoms with E-state index in [0.29, 0.717) is 22.7 Å². The third-order valence-electron chi connectivity index (χ3n) is 4.98. The Balaban J connectivity index is 1.86. The Kier molecular flexibility index (Phi) is 7.13. The van der Waals surface area contributed by atoms with Crippen molar-refractivity contribution in [1.29, 1.82) is 0 Å². The Morgan fingerprint density at radius 1 is 0.903 bits per heavy atom. The fourth-order valence-corrected chi connectivity index (χ4v) is 4.75. The first-order chi connectivity index (χ1) is 14.8. The monoisotopic (exact) mass is 436 g/mol. The second-order valence-corrected chi connectivity index (χ2v) is 9.67. The highest BCUT2D eigenvalue weighted by atomic mass is 32.2. The third-order valence-corrected chi connectivity index (χ3v) is 6.50. The van der Waals surface area contributed by atoms with E-state index in [-0.39, 0.29) is 16.8 Å². The molecule has 0 fully saturated rings. The summed E-state index contributed by atoms with van der Waals surface area (Å²) in [7, 11) is -3.83. The van der Waals surface area contributed by atoms with Gasteiger partial charge in [-0.3, -0.25) is 9.52 Å². The van der Waals surface area contributed by atoms with Crippen molar-refractivity contribution in [1.82, 2.24) is 5.32 Å². The number of hydrogen-bond acceptors (Lipinski definition) is 3. The molecule has 0 spiro atoms. The van der Waals surface area contributed by atoms with Crippen LogP contribution in [0.4, 0.5) is 5.69 Å². The van der Waals surface area contributed by atoms with E-state index >= 15 is 0 Å². The summed E-state index contributed by atoms with van der Waals surface area (Å²) >= 11 is 0. The smallest absolute Gasteiger partial charge is 0.262 e. The topological polar surface area (TPSA) is 75.3 Å². The summed E-state index contributed by atoms with van der Waals surface area (Å²) in [5, 5.41) is 3.07. The van der Waals surface area contributed by atoms with Crippen molar-refractivity contribution in [3.63, 3.8) is 0 Å². The molecule has 162 valence electrons. The zero-order chi connectivity index (χ0) is 22.4. The van der Waals surface area contributed by atoms with E-state index in [0.717, 1.165) is 12.0 Å². The van der Waals surface area contributed by atoms with Gasteiger partial charge in [0.25, 0.3) is 15.9 Å². The van der Waals surface area contributed by atoms with Crippen LogP contribution in [-0.4, -0.2) is 14.3 Å². The van der Waals surface area contributed by atoms with E-state index in [1.807, 2.05) is 36.4 Å². The Labute approximate surface area is 184 Å².